The van der Waals surface area contributed by atoms with Crippen molar-refractivity contribution in [1.82, 2.24) is 9.88 Å². The van der Waals surface area contributed by atoms with E-state index in [1.807, 2.05) is 6.92 Å². The van der Waals surface area contributed by atoms with Crippen molar-refractivity contribution in [2.75, 3.05) is 5.32 Å². The van der Waals surface area contributed by atoms with Crippen LogP contribution < -0.4 is 5.32 Å². The minimum atomic E-state index is -0.773. The van der Waals surface area contributed by atoms with E-state index in [9.17, 15) is 14.4 Å². The molecule has 25 heavy (non-hydrogen) atoms. The number of nitrogens with one attached hydrogen (secondary N) is 1. The summed E-state index contributed by atoms with van der Waals surface area (Å²) in [6.07, 6.45) is 9.63. The van der Waals surface area contributed by atoms with E-state index in [1.54, 1.807) is 24.5 Å². The molecule has 2 fully saturated rings. The molecule has 2 bridgehead atoms. The number of hydrogen-bond acceptors (Lipinski definition) is 4. The van der Waals surface area contributed by atoms with Gasteiger partial charge in [-0.25, -0.2) is 0 Å². The highest BCUT2D eigenvalue weighted by Crippen LogP contribution is 2.50. The number of carbonyl (C=O) groups excluding carboxylic acids is 3. The Morgan fingerprint density at radius 3 is 2.36 bits per heavy atom. The number of allylic oxidation sites excluding steroid dienone is 2. The van der Waals surface area contributed by atoms with Gasteiger partial charge in [0.25, 0.3) is 0 Å². The second-order valence-electron chi connectivity index (χ2n) is 7.04. The van der Waals surface area contributed by atoms with E-state index in [-0.39, 0.29) is 41.4 Å². The molecule has 130 valence electrons. The summed E-state index contributed by atoms with van der Waals surface area (Å²) in [6, 6.07) is 2.68. The van der Waals surface area contributed by atoms with E-state index in [1.165, 1.54) is 4.90 Å². The van der Waals surface area contributed by atoms with Gasteiger partial charge in [0.05, 0.1) is 23.7 Å². The molecule has 3 aliphatic carbocycles. The minimum absolute atomic E-state index is 0.135. The standard InChI is InChI=1S/C19H21N3O3/c1-2-14(17(23)21-13-4-3-9-20-10-13)22-18(24)15-11-5-6-12(8-7-11)16(15)19(22)25/h3-6,9-12,14-16H,2,7-8H2,1H3,(H,21,23). The maximum absolute atomic E-state index is 13.0. The maximum atomic E-state index is 13.0. The monoisotopic (exact) mass is 339 g/mol. The fourth-order valence-electron chi connectivity index (χ4n) is 4.55. The summed E-state index contributed by atoms with van der Waals surface area (Å²) in [5.41, 5.74) is 0.559. The Balaban J connectivity index is 1.58. The Hall–Kier alpha value is -2.50. The van der Waals surface area contributed by atoms with E-state index in [2.05, 4.69) is 22.5 Å². The first-order valence-corrected chi connectivity index (χ1v) is 8.88. The number of amides is 3. The third-order valence-electron chi connectivity index (χ3n) is 5.72. The average molecular weight is 339 g/mol. The minimum Gasteiger partial charge on any atom is -0.323 e. The topological polar surface area (TPSA) is 79.4 Å². The van der Waals surface area contributed by atoms with E-state index in [4.69, 9.17) is 0 Å². The number of fused-ring (bicyclic) bond motifs is 1. The molecule has 6 heteroatoms. The summed E-state index contributed by atoms with van der Waals surface area (Å²) in [5, 5.41) is 2.77. The highest BCUT2D eigenvalue weighted by Gasteiger charge is 2.58. The number of rotatable bonds is 4. The number of hydrogen-bond donors (Lipinski definition) is 1. The maximum Gasteiger partial charge on any atom is 0.247 e. The summed E-state index contributed by atoms with van der Waals surface area (Å²) >= 11 is 0. The lowest BCUT2D eigenvalue weighted by molar-refractivity contribution is -0.146. The van der Waals surface area contributed by atoms with Gasteiger partial charge in [0.1, 0.15) is 6.04 Å². The highest BCUT2D eigenvalue weighted by molar-refractivity contribution is 6.10. The summed E-state index contributed by atoms with van der Waals surface area (Å²) in [5.74, 6) is -0.987. The third kappa shape index (κ3) is 2.47. The second-order valence-corrected chi connectivity index (χ2v) is 7.04. The predicted molar refractivity (Wildman–Crippen MR) is 91.1 cm³/mol. The van der Waals surface area contributed by atoms with Crippen molar-refractivity contribution >= 4 is 23.4 Å². The Bertz CT molecular complexity index is 714. The van der Waals surface area contributed by atoms with Crippen LogP contribution in [0.3, 0.4) is 0 Å². The number of pyridine rings is 1. The van der Waals surface area contributed by atoms with E-state index in [0.717, 1.165) is 12.8 Å². The van der Waals surface area contributed by atoms with Crippen LogP contribution in [0.15, 0.2) is 36.7 Å². The number of likely N-dealkylation sites (tertiary alicyclic amines) is 1. The van der Waals surface area contributed by atoms with Gasteiger partial charge in [0.2, 0.25) is 17.7 Å². The summed E-state index contributed by atoms with van der Waals surface area (Å²) in [4.78, 5) is 43.9. The lowest BCUT2D eigenvalue weighted by Crippen LogP contribution is -2.47. The van der Waals surface area contributed by atoms with Crippen LogP contribution in [-0.2, 0) is 14.4 Å². The van der Waals surface area contributed by atoms with Gasteiger partial charge < -0.3 is 5.32 Å². The van der Waals surface area contributed by atoms with Crippen LogP contribution in [0.1, 0.15) is 26.2 Å². The number of nitrogens with zero attached hydrogens (tertiary/aromatic N) is 2. The lowest BCUT2D eigenvalue weighted by Gasteiger charge is -2.38. The molecule has 1 aliphatic heterocycles. The van der Waals surface area contributed by atoms with Crippen molar-refractivity contribution in [3.8, 4) is 0 Å². The van der Waals surface area contributed by atoms with Gasteiger partial charge in [-0.3, -0.25) is 24.3 Å². The van der Waals surface area contributed by atoms with Crippen molar-refractivity contribution in [3.05, 3.63) is 36.7 Å². The molecule has 1 N–H and O–H groups in total. The van der Waals surface area contributed by atoms with E-state index >= 15 is 0 Å². The van der Waals surface area contributed by atoms with Crippen LogP contribution in [-0.4, -0.2) is 33.6 Å². The molecule has 6 nitrogen and oxygen atoms in total. The molecule has 1 saturated carbocycles. The number of anilines is 1. The van der Waals surface area contributed by atoms with Crippen LogP contribution in [0.2, 0.25) is 0 Å². The normalized spacial score (nSPS) is 31.2. The van der Waals surface area contributed by atoms with Crippen molar-refractivity contribution in [2.45, 2.75) is 32.2 Å². The van der Waals surface area contributed by atoms with Gasteiger partial charge in [0, 0.05) is 6.20 Å². The molecule has 0 radical (unpaired) electrons. The largest absolute Gasteiger partial charge is 0.323 e. The number of carbonyl (C=O) groups is 3. The summed E-state index contributed by atoms with van der Waals surface area (Å²) in [6.45, 7) is 1.82. The SMILES string of the molecule is CCC(C(=O)Nc1cccnc1)N1C(=O)C2C3C=CC(CC3)C2C1=O. The molecule has 4 aliphatic rings. The molecule has 5 atom stereocenters. The Kier molecular flexibility index (Phi) is 3.90. The third-order valence-corrected chi connectivity index (χ3v) is 5.72. The van der Waals surface area contributed by atoms with Gasteiger partial charge in [-0.15, -0.1) is 0 Å². The highest BCUT2D eigenvalue weighted by atomic mass is 16.2. The first kappa shape index (κ1) is 16.0. The van der Waals surface area contributed by atoms with Gasteiger partial charge in [-0.1, -0.05) is 19.1 Å². The van der Waals surface area contributed by atoms with Gasteiger partial charge in [-0.05, 0) is 43.2 Å². The zero-order valence-corrected chi connectivity index (χ0v) is 14.1. The fourth-order valence-corrected chi connectivity index (χ4v) is 4.55. The Morgan fingerprint density at radius 2 is 1.88 bits per heavy atom. The number of aromatic nitrogens is 1. The van der Waals surface area contributed by atoms with Crippen LogP contribution in [0.4, 0.5) is 5.69 Å². The van der Waals surface area contributed by atoms with Crippen molar-refractivity contribution in [2.24, 2.45) is 23.7 Å². The van der Waals surface area contributed by atoms with Crippen LogP contribution >= 0.6 is 0 Å². The lowest BCUT2D eigenvalue weighted by atomic mass is 9.63. The fraction of sp³-hybridized carbons (Fsp3) is 0.474. The molecule has 5 rings (SSSR count). The molecule has 0 aromatic carbocycles. The summed E-state index contributed by atoms with van der Waals surface area (Å²) < 4.78 is 0. The second kappa shape index (κ2) is 6.10. The molecule has 0 spiro atoms. The average Bonchev–Trinajstić information content (AvgIpc) is 2.92. The zero-order chi connectivity index (χ0) is 17.6. The van der Waals surface area contributed by atoms with Crippen molar-refractivity contribution < 1.29 is 14.4 Å². The molecule has 1 aromatic heterocycles. The zero-order valence-electron chi connectivity index (χ0n) is 14.1. The van der Waals surface area contributed by atoms with E-state index in [0.29, 0.717) is 12.1 Å². The van der Waals surface area contributed by atoms with Gasteiger partial charge in [0.15, 0.2) is 0 Å². The molecule has 3 amide bonds. The molecule has 1 saturated heterocycles. The summed E-state index contributed by atoms with van der Waals surface area (Å²) in [7, 11) is 0. The van der Waals surface area contributed by atoms with E-state index < -0.39 is 6.04 Å². The Labute approximate surface area is 146 Å². The molecule has 1 aromatic rings. The predicted octanol–water partition coefficient (Wildman–Crippen LogP) is 2.00. The first-order valence-electron chi connectivity index (χ1n) is 8.88. The molecule has 2 heterocycles. The molecular weight excluding hydrogens is 318 g/mol. The van der Waals surface area contributed by atoms with Crippen LogP contribution in [0.25, 0.3) is 0 Å². The first-order chi connectivity index (χ1) is 12.1. The van der Waals surface area contributed by atoms with Gasteiger partial charge >= 0.3 is 0 Å². The molecule has 5 unspecified atom stereocenters. The molecular formula is C19H21N3O3. The van der Waals surface area contributed by atoms with Gasteiger partial charge in [-0.2, -0.15) is 0 Å². The van der Waals surface area contributed by atoms with Crippen molar-refractivity contribution in [1.29, 1.82) is 0 Å². The smallest absolute Gasteiger partial charge is 0.247 e. The van der Waals surface area contributed by atoms with Crippen LogP contribution in [0, 0.1) is 23.7 Å². The van der Waals surface area contributed by atoms with Crippen molar-refractivity contribution in [3.63, 3.8) is 0 Å². The number of imide groups is 1. The quantitative estimate of drug-likeness (QED) is 0.672. The van der Waals surface area contributed by atoms with Crippen LogP contribution in [0.5, 0.6) is 0 Å². The Morgan fingerprint density at radius 1 is 1.24 bits per heavy atom.